The minimum absolute atomic E-state index is 0.166. The van der Waals surface area contributed by atoms with Gasteiger partial charge in [-0.15, -0.1) is 0 Å². The number of carbonyl (C=O) groups excluding carboxylic acids is 1. The normalized spacial score (nSPS) is 18.1. The lowest BCUT2D eigenvalue weighted by Gasteiger charge is -2.20. The number of aryl methyl sites for hydroxylation is 1. The van der Waals surface area contributed by atoms with Crippen LogP contribution in [0.25, 0.3) is 0 Å². The highest BCUT2D eigenvalue weighted by Crippen LogP contribution is 2.22. The van der Waals surface area contributed by atoms with Crippen molar-refractivity contribution in [1.29, 1.82) is 0 Å². The summed E-state index contributed by atoms with van der Waals surface area (Å²) in [5.74, 6) is 0.884. The van der Waals surface area contributed by atoms with Crippen LogP contribution in [0, 0.1) is 0 Å². The highest BCUT2D eigenvalue weighted by molar-refractivity contribution is 5.92. The largest absolute Gasteiger partial charge is 0.381 e. The molecule has 1 fully saturated rings. The Morgan fingerprint density at radius 2 is 2.36 bits per heavy atom. The van der Waals surface area contributed by atoms with Gasteiger partial charge in [-0.1, -0.05) is 0 Å². The summed E-state index contributed by atoms with van der Waals surface area (Å²) in [4.78, 5) is 20.9. The second kappa shape index (κ2) is 6.65. The summed E-state index contributed by atoms with van der Waals surface area (Å²) in [5.41, 5.74) is 1.32. The standard InChI is InChI=1S/C15H19N5O2/c1-20-13(5-7-18-20)15(21)17-9-12-4-6-16-14(19-12)11-3-2-8-22-10-11/h4-7,11H,2-3,8-10H2,1H3,(H,17,21)/t11-/m0/s1. The Bertz CT molecular complexity index is 649. The number of nitrogens with one attached hydrogen (secondary N) is 1. The van der Waals surface area contributed by atoms with Gasteiger partial charge in [0.2, 0.25) is 0 Å². The third-order valence-electron chi connectivity index (χ3n) is 3.74. The fourth-order valence-electron chi connectivity index (χ4n) is 2.51. The van der Waals surface area contributed by atoms with Gasteiger partial charge in [-0.05, 0) is 25.0 Å². The molecule has 0 aromatic carbocycles. The van der Waals surface area contributed by atoms with Gasteiger partial charge in [0, 0.05) is 32.0 Å². The molecule has 0 unspecified atom stereocenters. The number of hydrogen-bond donors (Lipinski definition) is 1. The van der Waals surface area contributed by atoms with Crippen molar-refractivity contribution in [3.05, 3.63) is 41.7 Å². The van der Waals surface area contributed by atoms with E-state index in [1.807, 2.05) is 6.07 Å². The number of hydrogen-bond acceptors (Lipinski definition) is 5. The first-order valence-corrected chi connectivity index (χ1v) is 7.40. The van der Waals surface area contributed by atoms with Gasteiger partial charge in [0.1, 0.15) is 11.5 Å². The fourth-order valence-corrected chi connectivity index (χ4v) is 2.51. The van der Waals surface area contributed by atoms with Crippen LogP contribution in [0.3, 0.4) is 0 Å². The highest BCUT2D eigenvalue weighted by Gasteiger charge is 2.19. The average molecular weight is 301 g/mol. The second-order valence-corrected chi connectivity index (χ2v) is 5.34. The Kier molecular flexibility index (Phi) is 4.43. The maximum atomic E-state index is 12.1. The van der Waals surface area contributed by atoms with Gasteiger partial charge in [-0.3, -0.25) is 9.48 Å². The summed E-state index contributed by atoms with van der Waals surface area (Å²) < 4.78 is 7.02. The molecule has 1 N–H and O–H groups in total. The third kappa shape index (κ3) is 3.30. The highest BCUT2D eigenvalue weighted by atomic mass is 16.5. The SMILES string of the molecule is Cn1nccc1C(=O)NCc1ccnc([C@H]2CCCOC2)n1. The van der Waals surface area contributed by atoms with E-state index in [-0.39, 0.29) is 11.8 Å². The van der Waals surface area contributed by atoms with Crippen LogP contribution in [0.2, 0.25) is 0 Å². The molecule has 3 rings (SSSR count). The molecule has 3 heterocycles. The van der Waals surface area contributed by atoms with Crippen LogP contribution in [-0.2, 0) is 18.3 Å². The number of amides is 1. The van der Waals surface area contributed by atoms with E-state index in [0.717, 1.165) is 31.0 Å². The van der Waals surface area contributed by atoms with Gasteiger partial charge in [0.05, 0.1) is 18.8 Å². The Morgan fingerprint density at radius 3 is 3.09 bits per heavy atom. The third-order valence-corrected chi connectivity index (χ3v) is 3.74. The van der Waals surface area contributed by atoms with Crippen molar-refractivity contribution in [3.8, 4) is 0 Å². The van der Waals surface area contributed by atoms with Gasteiger partial charge in [0.15, 0.2) is 0 Å². The van der Waals surface area contributed by atoms with Crippen molar-refractivity contribution in [2.45, 2.75) is 25.3 Å². The predicted molar refractivity (Wildman–Crippen MR) is 79.2 cm³/mol. The molecule has 0 aliphatic carbocycles. The molecule has 1 aliphatic heterocycles. The van der Waals surface area contributed by atoms with Gasteiger partial charge in [0.25, 0.3) is 5.91 Å². The number of aromatic nitrogens is 4. The van der Waals surface area contributed by atoms with E-state index in [1.165, 1.54) is 0 Å². The maximum absolute atomic E-state index is 12.1. The lowest BCUT2D eigenvalue weighted by molar-refractivity contribution is 0.0779. The predicted octanol–water partition coefficient (Wildman–Crippen LogP) is 1.03. The zero-order valence-corrected chi connectivity index (χ0v) is 12.5. The molecule has 1 saturated heterocycles. The summed E-state index contributed by atoms with van der Waals surface area (Å²) in [6.45, 7) is 1.86. The molecule has 2 aromatic rings. The summed E-state index contributed by atoms with van der Waals surface area (Å²) in [5, 5.41) is 6.84. The van der Waals surface area contributed by atoms with Crippen molar-refractivity contribution in [1.82, 2.24) is 25.1 Å². The Labute approximate surface area is 128 Å². The first kappa shape index (κ1) is 14.6. The molecule has 0 saturated carbocycles. The van der Waals surface area contributed by atoms with E-state index in [0.29, 0.717) is 18.8 Å². The molecule has 1 amide bonds. The molecule has 0 bridgehead atoms. The molecule has 116 valence electrons. The Balaban J connectivity index is 1.63. The fraction of sp³-hybridized carbons (Fsp3) is 0.467. The van der Waals surface area contributed by atoms with Crippen LogP contribution in [-0.4, -0.2) is 38.9 Å². The van der Waals surface area contributed by atoms with Crippen LogP contribution in [0.4, 0.5) is 0 Å². The molecular weight excluding hydrogens is 282 g/mol. The van der Waals surface area contributed by atoms with E-state index < -0.39 is 0 Å². The molecule has 1 atom stereocenters. The van der Waals surface area contributed by atoms with E-state index in [1.54, 1.807) is 30.2 Å². The van der Waals surface area contributed by atoms with Crippen molar-refractivity contribution in [3.63, 3.8) is 0 Å². The summed E-state index contributed by atoms with van der Waals surface area (Å²) in [6.07, 6.45) is 5.42. The minimum Gasteiger partial charge on any atom is -0.381 e. The lowest BCUT2D eigenvalue weighted by Crippen LogP contribution is -2.26. The quantitative estimate of drug-likeness (QED) is 0.912. The molecule has 2 aromatic heterocycles. The van der Waals surface area contributed by atoms with Crippen LogP contribution in [0.5, 0.6) is 0 Å². The number of ether oxygens (including phenoxy) is 1. The summed E-state index contributed by atoms with van der Waals surface area (Å²) in [6, 6.07) is 3.50. The van der Waals surface area contributed by atoms with Crippen molar-refractivity contribution < 1.29 is 9.53 Å². The smallest absolute Gasteiger partial charge is 0.269 e. The zero-order valence-electron chi connectivity index (χ0n) is 12.5. The summed E-state index contributed by atoms with van der Waals surface area (Å²) in [7, 11) is 1.74. The van der Waals surface area contributed by atoms with Gasteiger partial charge in [-0.2, -0.15) is 5.10 Å². The monoisotopic (exact) mass is 301 g/mol. The first-order chi connectivity index (χ1) is 10.7. The lowest BCUT2D eigenvalue weighted by atomic mass is 10.0. The van der Waals surface area contributed by atoms with Gasteiger partial charge < -0.3 is 10.1 Å². The van der Waals surface area contributed by atoms with E-state index in [2.05, 4.69) is 20.4 Å². The van der Waals surface area contributed by atoms with Crippen LogP contribution in [0.1, 0.15) is 40.8 Å². The zero-order chi connectivity index (χ0) is 15.4. The first-order valence-electron chi connectivity index (χ1n) is 7.40. The molecule has 7 heteroatoms. The molecule has 22 heavy (non-hydrogen) atoms. The number of rotatable bonds is 4. The second-order valence-electron chi connectivity index (χ2n) is 5.34. The average Bonchev–Trinajstić information content (AvgIpc) is 3.00. The van der Waals surface area contributed by atoms with Crippen molar-refractivity contribution in [2.75, 3.05) is 13.2 Å². The van der Waals surface area contributed by atoms with E-state index in [4.69, 9.17) is 4.74 Å². The van der Waals surface area contributed by atoms with Crippen LogP contribution in [0.15, 0.2) is 24.5 Å². The Morgan fingerprint density at radius 1 is 1.45 bits per heavy atom. The van der Waals surface area contributed by atoms with Gasteiger partial charge in [-0.25, -0.2) is 9.97 Å². The maximum Gasteiger partial charge on any atom is 0.269 e. The molecule has 7 nitrogen and oxygen atoms in total. The Hall–Kier alpha value is -2.28. The van der Waals surface area contributed by atoms with E-state index in [9.17, 15) is 4.79 Å². The molecule has 1 aliphatic rings. The molecule has 0 spiro atoms. The van der Waals surface area contributed by atoms with Gasteiger partial charge >= 0.3 is 0 Å². The van der Waals surface area contributed by atoms with Crippen molar-refractivity contribution in [2.24, 2.45) is 7.05 Å². The number of carbonyl (C=O) groups is 1. The topological polar surface area (TPSA) is 81.9 Å². The van der Waals surface area contributed by atoms with E-state index >= 15 is 0 Å². The number of nitrogens with zero attached hydrogens (tertiary/aromatic N) is 4. The van der Waals surface area contributed by atoms with Crippen LogP contribution < -0.4 is 5.32 Å². The van der Waals surface area contributed by atoms with Crippen molar-refractivity contribution >= 4 is 5.91 Å². The van der Waals surface area contributed by atoms with Crippen LogP contribution >= 0.6 is 0 Å². The molecular formula is C15H19N5O2. The summed E-state index contributed by atoms with van der Waals surface area (Å²) >= 11 is 0. The molecule has 0 radical (unpaired) electrons. The minimum atomic E-state index is -0.166.